The van der Waals surface area contributed by atoms with Crippen LogP contribution in [0.15, 0.2) is 24.8 Å². The molecule has 0 amide bonds. The summed E-state index contributed by atoms with van der Waals surface area (Å²) in [4.78, 5) is 7.33. The molecule has 0 saturated heterocycles. The summed E-state index contributed by atoms with van der Waals surface area (Å²) in [5.74, 6) is 0. The highest BCUT2D eigenvalue weighted by Crippen LogP contribution is 2.34. The molecule has 0 aromatic carbocycles. The third-order valence-corrected chi connectivity index (χ3v) is 1.78. The zero-order valence-electron chi connectivity index (χ0n) is 7.28. The van der Waals surface area contributed by atoms with Gasteiger partial charge in [-0.1, -0.05) is 0 Å². The third kappa shape index (κ3) is 1.80. The van der Waals surface area contributed by atoms with E-state index >= 15 is 0 Å². The fourth-order valence-electron chi connectivity index (χ4n) is 1.13. The summed E-state index contributed by atoms with van der Waals surface area (Å²) in [6, 6.07) is 1.38. The number of hydrogen-bond acceptors (Lipinski definition) is 3. The maximum absolute atomic E-state index is 12.5. The van der Waals surface area contributed by atoms with Crippen molar-refractivity contribution in [1.82, 2.24) is 20.2 Å². The van der Waals surface area contributed by atoms with Gasteiger partial charge in [0.1, 0.15) is 11.9 Å². The van der Waals surface area contributed by atoms with Crippen LogP contribution in [0.3, 0.4) is 0 Å². The lowest BCUT2D eigenvalue weighted by molar-refractivity contribution is -0.137. The standard InChI is InChI=1S/C8H5F3N4/c9-8(10,11)5-3-14-15-7(5)6-1-2-12-4-13-6/h1-4H,(H,14,15). The number of nitrogens with zero attached hydrogens (tertiary/aromatic N) is 3. The van der Waals surface area contributed by atoms with E-state index in [0.29, 0.717) is 0 Å². The summed E-state index contributed by atoms with van der Waals surface area (Å²) in [5.41, 5.74) is -0.819. The van der Waals surface area contributed by atoms with Crippen LogP contribution in [0.25, 0.3) is 11.4 Å². The van der Waals surface area contributed by atoms with Crippen molar-refractivity contribution in [3.05, 3.63) is 30.4 Å². The average Bonchev–Trinajstić information content (AvgIpc) is 2.67. The van der Waals surface area contributed by atoms with E-state index in [1.165, 1.54) is 18.6 Å². The highest BCUT2D eigenvalue weighted by Gasteiger charge is 2.35. The van der Waals surface area contributed by atoms with Gasteiger partial charge in [-0.15, -0.1) is 0 Å². The van der Waals surface area contributed by atoms with E-state index in [9.17, 15) is 13.2 Å². The number of alkyl halides is 3. The smallest absolute Gasteiger partial charge is 0.276 e. The maximum Gasteiger partial charge on any atom is 0.420 e. The summed E-state index contributed by atoms with van der Waals surface area (Å²) in [7, 11) is 0. The molecule has 2 aromatic heterocycles. The summed E-state index contributed by atoms with van der Waals surface area (Å²) in [6.45, 7) is 0. The first-order valence-corrected chi connectivity index (χ1v) is 3.96. The molecule has 4 nitrogen and oxygen atoms in total. The van der Waals surface area contributed by atoms with Crippen LogP contribution in [0, 0.1) is 0 Å². The van der Waals surface area contributed by atoms with Gasteiger partial charge in [0.25, 0.3) is 0 Å². The maximum atomic E-state index is 12.5. The van der Waals surface area contributed by atoms with Gasteiger partial charge in [-0.2, -0.15) is 18.3 Å². The van der Waals surface area contributed by atoms with Crippen molar-refractivity contribution >= 4 is 0 Å². The van der Waals surface area contributed by atoms with Crippen LogP contribution < -0.4 is 0 Å². The minimum Gasteiger partial charge on any atom is -0.276 e. The average molecular weight is 214 g/mol. The Morgan fingerprint density at radius 1 is 1.27 bits per heavy atom. The van der Waals surface area contributed by atoms with Crippen LogP contribution in [0.5, 0.6) is 0 Å². The topological polar surface area (TPSA) is 54.5 Å². The van der Waals surface area contributed by atoms with Gasteiger partial charge >= 0.3 is 6.18 Å². The third-order valence-electron chi connectivity index (χ3n) is 1.78. The Balaban J connectivity index is 2.51. The largest absolute Gasteiger partial charge is 0.420 e. The summed E-state index contributed by atoms with van der Waals surface area (Å²) >= 11 is 0. The zero-order chi connectivity index (χ0) is 10.9. The van der Waals surface area contributed by atoms with Gasteiger partial charge in [-0.05, 0) is 6.07 Å². The highest BCUT2D eigenvalue weighted by molar-refractivity contribution is 5.58. The molecule has 0 radical (unpaired) electrons. The molecule has 0 fully saturated rings. The van der Waals surface area contributed by atoms with Gasteiger partial charge in [0.15, 0.2) is 0 Å². The molecule has 0 spiro atoms. The summed E-state index contributed by atoms with van der Waals surface area (Å²) in [6.07, 6.45) is -1.16. The van der Waals surface area contributed by atoms with Crippen LogP contribution in [-0.4, -0.2) is 20.2 Å². The van der Waals surface area contributed by atoms with Crippen molar-refractivity contribution in [2.45, 2.75) is 6.18 Å². The summed E-state index contributed by atoms with van der Waals surface area (Å²) in [5, 5.41) is 5.63. The molecule has 2 rings (SSSR count). The Labute approximate surface area is 82.2 Å². The van der Waals surface area contributed by atoms with Crippen molar-refractivity contribution in [2.75, 3.05) is 0 Å². The number of halogens is 3. The second kappa shape index (κ2) is 3.34. The van der Waals surface area contributed by atoms with Gasteiger partial charge in [-0.25, -0.2) is 9.97 Å². The van der Waals surface area contributed by atoms with E-state index in [1.54, 1.807) is 0 Å². The Morgan fingerprint density at radius 2 is 2.07 bits per heavy atom. The lowest BCUT2D eigenvalue weighted by Gasteiger charge is -2.05. The van der Waals surface area contributed by atoms with Crippen molar-refractivity contribution in [3.63, 3.8) is 0 Å². The van der Waals surface area contributed by atoms with Gasteiger partial charge < -0.3 is 0 Å². The van der Waals surface area contributed by atoms with E-state index in [-0.39, 0.29) is 11.4 Å². The number of hydrogen-bond donors (Lipinski definition) is 1. The van der Waals surface area contributed by atoms with Crippen LogP contribution in [0.4, 0.5) is 13.2 Å². The molecule has 0 aliphatic carbocycles. The molecular weight excluding hydrogens is 209 g/mol. The number of rotatable bonds is 1. The molecular formula is C8H5F3N4. The van der Waals surface area contributed by atoms with Gasteiger partial charge in [0.05, 0.1) is 17.6 Å². The van der Waals surface area contributed by atoms with Crippen molar-refractivity contribution in [1.29, 1.82) is 0 Å². The first-order chi connectivity index (χ1) is 7.09. The predicted octanol–water partition coefficient (Wildman–Crippen LogP) is 1.89. The molecule has 1 N–H and O–H groups in total. The quantitative estimate of drug-likeness (QED) is 0.788. The fraction of sp³-hybridized carbons (Fsp3) is 0.125. The molecule has 7 heteroatoms. The monoisotopic (exact) mass is 214 g/mol. The van der Waals surface area contributed by atoms with Crippen molar-refractivity contribution in [3.8, 4) is 11.4 Å². The molecule has 0 saturated carbocycles. The lowest BCUT2D eigenvalue weighted by Crippen LogP contribution is -2.05. The molecule has 0 aliphatic rings. The molecule has 2 aromatic rings. The minimum absolute atomic E-state index is 0.148. The molecule has 2 heterocycles. The van der Waals surface area contributed by atoms with Crippen molar-refractivity contribution < 1.29 is 13.2 Å². The number of aromatic amines is 1. The number of H-pyrrole nitrogens is 1. The van der Waals surface area contributed by atoms with Crippen LogP contribution >= 0.6 is 0 Å². The molecule has 0 atom stereocenters. The van der Waals surface area contributed by atoms with Gasteiger partial charge in [0.2, 0.25) is 0 Å². The number of nitrogens with one attached hydrogen (secondary N) is 1. The van der Waals surface area contributed by atoms with E-state index in [0.717, 1.165) is 6.20 Å². The van der Waals surface area contributed by atoms with Crippen LogP contribution in [0.2, 0.25) is 0 Å². The van der Waals surface area contributed by atoms with Crippen molar-refractivity contribution in [2.24, 2.45) is 0 Å². The predicted molar refractivity (Wildman–Crippen MR) is 44.6 cm³/mol. The Hall–Kier alpha value is -1.92. The Morgan fingerprint density at radius 3 is 2.67 bits per heavy atom. The van der Waals surface area contributed by atoms with E-state index < -0.39 is 11.7 Å². The van der Waals surface area contributed by atoms with Crippen LogP contribution in [0.1, 0.15) is 5.56 Å². The Kier molecular flexibility index (Phi) is 2.14. The molecule has 0 bridgehead atoms. The van der Waals surface area contributed by atoms with Gasteiger partial charge in [-0.3, -0.25) is 5.10 Å². The van der Waals surface area contributed by atoms with Crippen LogP contribution in [-0.2, 0) is 6.18 Å². The molecule has 0 aliphatic heterocycles. The Bertz CT molecular complexity index is 448. The zero-order valence-corrected chi connectivity index (χ0v) is 7.28. The van der Waals surface area contributed by atoms with E-state index in [1.807, 2.05) is 0 Å². The van der Waals surface area contributed by atoms with E-state index in [4.69, 9.17) is 0 Å². The normalized spacial score (nSPS) is 11.7. The number of aromatic nitrogens is 4. The summed E-state index contributed by atoms with van der Waals surface area (Å²) < 4.78 is 37.4. The molecule has 15 heavy (non-hydrogen) atoms. The SMILES string of the molecule is FC(F)(F)c1cn[nH]c1-c1ccncn1. The highest BCUT2D eigenvalue weighted by atomic mass is 19.4. The second-order valence-corrected chi connectivity index (χ2v) is 2.75. The lowest BCUT2D eigenvalue weighted by atomic mass is 10.2. The minimum atomic E-state index is -4.44. The molecule has 0 unspecified atom stereocenters. The first kappa shape index (κ1) is 9.63. The van der Waals surface area contributed by atoms with Gasteiger partial charge in [0, 0.05) is 6.20 Å². The first-order valence-electron chi connectivity index (χ1n) is 3.96. The van der Waals surface area contributed by atoms with E-state index in [2.05, 4.69) is 20.2 Å². The molecule has 78 valence electrons. The fourth-order valence-corrected chi connectivity index (χ4v) is 1.13. The second-order valence-electron chi connectivity index (χ2n) is 2.75.